The Balaban J connectivity index is 2.12. The summed E-state index contributed by atoms with van der Waals surface area (Å²) in [4.78, 5) is 28.5. The van der Waals surface area contributed by atoms with Gasteiger partial charge >= 0.3 is 0 Å². The van der Waals surface area contributed by atoms with Crippen LogP contribution in [-0.4, -0.2) is 65.6 Å². The van der Waals surface area contributed by atoms with E-state index in [1.807, 2.05) is 6.92 Å². The minimum atomic E-state index is -4.44. The van der Waals surface area contributed by atoms with Crippen LogP contribution >= 0.6 is 23.2 Å². The summed E-state index contributed by atoms with van der Waals surface area (Å²) < 4.78 is 45.5. The van der Waals surface area contributed by atoms with Gasteiger partial charge in [0.25, 0.3) is 10.0 Å². The molecule has 3 aromatic rings. The Labute approximate surface area is 268 Å². The third-order valence-electron chi connectivity index (χ3n) is 6.87. The Morgan fingerprint density at radius 1 is 0.886 bits per heavy atom. The molecule has 0 aliphatic carbocycles. The predicted octanol–water partition coefficient (Wildman–Crippen LogP) is 5.55. The highest BCUT2D eigenvalue weighted by Gasteiger charge is 2.34. The van der Waals surface area contributed by atoms with Crippen molar-refractivity contribution in [2.24, 2.45) is 0 Å². The number of nitrogens with one attached hydrogen (secondary N) is 1. The molecule has 1 atom stereocenters. The lowest BCUT2D eigenvalue weighted by Gasteiger charge is -2.32. The Bertz CT molecular complexity index is 1570. The van der Waals surface area contributed by atoms with E-state index in [-0.39, 0.29) is 39.6 Å². The van der Waals surface area contributed by atoms with Gasteiger partial charge in [-0.15, -0.1) is 0 Å². The van der Waals surface area contributed by atoms with Crippen LogP contribution < -0.4 is 23.8 Å². The number of unbranched alkanes of at least 4 members (excludes halogenated alkanes) is 1. The van der Waals surface area contributed by atoms with Gasteiger partial charge < -0.3 is 24.4 Å². The predicted molar refractivity (Wildman–Crippen MR) is 171 cm³/mol. The molecule has 238 valence electrons. The normalized spacial score (nSPS) is 11.8. The van der Waals surface area contributed by atoms with E-state index in [2.05, 4.69) is 5.32 Å². The number of sulfonamides is 1. The number of hydrogen-bond donors (Lipinski definition) is 1. The number of rotatable bonds is 15. The van der Waals surface area contributed by atoms with Crippen molar-refractivity contribution in [3.05, 3.63) is 76.3 Å². The second-order valence-corrected chi connectivity index (χ2v) is 12.6. The molecule has 0 fully saturated rings. The maximum Gasteiger partial charge on any atom is 0.265 e. The van der Waals surface area contributed by atoms with Crippen LogP contribution in [0.1, 0.15) is 32.3 Å². The summed E-state index contributed by atoms with van der Waals surface area (Å²) in [6.07, 6.45) is 1.65. The van der Waals surface area contributed by atoms with Gasteiger partial charge in [0.2, 0.25) is 11.8 Å². The number of amides is 2. The van der Waals surface area contributed by atoms with Gasteiger partial charge in [-0.3, -0.25) is 13.9 Å². The van der Waals surface area contributed by atoms with Crippen LogP contribution in [-0.2, 0) is 26.2 Å². The maximum absolute atomic E-state index is 14.3. The molecule has 0 aliphatic rings. The van der Waals surface area contributed by atoms with Crippen molar-refractivity contribution >= 4 is 50.7 Å². The summed E-state index contributed by atoms with van der Waals surface area (Å²) in [7, 11) is -0.246. The van der Waals surface area contributed by atoms with Crippen LogP contribution in [0.5, 0.6) is 17.2 Å². The summed E-state index contributed by atoms with van der Waals surface area (Å²) in [5, 5.41) is 3.53. The lowest BCUT2D eigenvalue weighted by Crippen LogP contribution is -2.51. The minimum absolute atomic E-state index is 0.00130. The number of benzene rings is 3. The monoisotopic (exact) mass is 665 g/mol. The van der Waals surface area contributed by atoms with Crippen molar-refractivity contribution in [3.63, 3.8) is 0 Å². The van der Waals surface area contributed by atoms with Crippen LogP contribution in [0.4, 0.5) is 5.69 Å². The molecule has 10 nitrogen and oxygen atoms in total. The molecule has 0 saturated heterocycles. The summed E-state index contributed by atoms with van der Waals surface area (Å²) >= 11 is 12.5. The number of ether oxygens (including phenoxy) is 3. The van der Waals surface area contributed by atoms with Crippen molar-refractivity contribution < 1.29 is 32.2 Å². The highest BCUT2D eigenvalue weighted by atomic mass is 35.5. The fraction of sp³-hybridized carbons (Fsp3) is 0.355. The largest absolute Gasteiger partial charge is 0.495 e. The highest BCUT2D eigenvalue weighted by Crippen LogP contribution is 2.37. The highest BCUT2D eigenvalue weighted by molar-refractivity contribution is 7.92. The number of hydrogen-bond acceptors (Lipinski definition) is 7. The number of nitrogens with zero attached hydrogens (tertiary/aromatic N) is 2. The zero-order valence-electron chi connectivity index (χ0n) is 25.3. The van der Waals surface area contributed by atoms with Crippen molar-refractivity contribution in [2.45, 2.75) is 44.2 Å². The smallest absolute Gasteiger partial charge is 0.265 e. The van der Waals surface area contributed by atoms with Crippen molar-refractivity contribution in [1.82, 2.24) is 10.2 Å². The van der Waals surface area contributed by atoms with Crippen LogP contribution in [0.2, 0.25) is 10.0 Å². The third kappa shape index (κ3) is 8.49. The average molecular weight is 667 g/mol. The van der Waals surface area contributed by atoms with Gasteiger partial charge in [-0.1, -0.05) is 48.7 Å². The van der Waals surface area contributed by atoms with E-state index < -0.39 is 28.5 Å². The molecule has 44 heavy (non-hydrogen) atoms. The summed E-state index contributed by atoms with van der Waals surface area (Å²) in [6, 6.07) is 14.5. The van der Waals surface area contributed by atoms with E-state index in [1.165, 1.54) is 56.6 Å². The van der Waals surface area contributed by atoms with Crippen LogP contribution in [0.3, 0.4) is 0 Å². The van der Waals surface area contributed by atoms with Crippen LogP contribution in [0.15, 0.2) is 65.6 Å². The molecule has 3 rings (SSSR count). The van der Waals surface area contributed by atoms with Gasteiger partial charge in [0.05, 0.1) is 31.9 Å². The average Bonchev–Trinajstić information content (AvgIpc) is 3.01. The van der Waals surface area contributed by atoms with Crippen molar-refractivity contribution in [1.29, 1.82) is 0 Å². The first kappa shape index (κ1) is 34.8. The van der Waals surface area contributed by atoms with Gasteiger partial charge in [0.15, 0.2) is 11.5 Å². The lowest BCUT2D eigenvalue weighted by molar-refractivity contribution is -0.139. The fourth-order valence-electron chi connectivity index (χ4n) is 4.43. The molecule has 3 aromatic carbocycles. The number of carbonyl (C=O) groups excluding carboxylic acids is 2. The standard InChI is InChI=1S/C31H37Cl2N3O7S/c1-6-7-15-34-31(38)21(2)35(19-22-9-8-10-23(32)16-22)30(37)20-36(26-17-24(33)11-13-27(26)41-3)44(39,40)25-12-14-28(42-4)29(18-25)43-5/h8-14,16-18,21H,6-7,15,19-20H2,1-5H3,(H,34,38)/t21-/m0/s1. The summed E-state index contributed by atoms with van der Waals surface area (Å²) in [6.45, 7) is 3.36. The van der Waals surface area contributed by atoms with E-state index in [1.54, 1.807) is 37.3 Å². The molecular weight excluding hydrogens is 629 g/mol. The van der Waals surface area contributed by atoms with Crippen LogP contribution in [0, 0.1) is 0 Å². The first-order chi connectivity index (χ1) is 21.0. The topological polar surface area (TPSA) is 114 Å². The molecule has 0 aromatic heterocycles. The SMILES string of the molecule is CCCCNC(=O)[C@H](C)N(Cc1cccc(Cl)c1)C(=O)CN(c1cc(Cl)ccc1OC)S(=O)(=O)c1ccc(OC)c(OC)c1. The van der Waals surface area contributed by atoms with Gasteiger partial charge in [0, 0.05) is 29.2 Å². The molecule has 0 aliphatic heterocycles. The third-order valence-corrected chi connectivity index (χ3v) is 9.10. The number of carbonyl (C=O) groups is 2. The second kappa shape index (κ2) is 15.9. The Morgan fingerprint density at radius 3 is 2.18 bits per heavy atom. The first-order valence-corrected chi connectivity index (χ1v) is 16.1. The van der Waals surface area contributed by atoms with Crippen LogP contribution in [0.25, 0.3) is 0 Å². The molecule has 0 radical (unpaired) electrons. The lowest BCUT2D eigenvalue weighted by atomic mass is 10.1. The summed E-state index contributed by atoms with van der Waals surface area (Å²) in [5.41, 5.74) is 0.694. The molecule has 1 N–H and O–H groups in total. The number of halogens is 2. The number of anilines is 1. The zero-order valence-corrected chi connectivity index (χ0v) is 27.6. The molecule has 0 saturated carbocycles. The zero-order chi connectivity index (χ0) is 32.4. The van der Waals surface area contributed by atoms with Gasteiger partial charge in [0.1, 0.15) is 18.3 Å². The van der Waals surface area contributed by atoms with Gasteiger partial charge in [-0.25, -0.2) is 8.42 Å². The van der Waals surface area contributed by atoms with Crippen molar-refractivity contribution in [3.8, 4) is 17.2 Å². The Hall–Kier alpha value is -3.67. The molecule has 0 spiro atoms. The molecule has 13 heteroatoms. The number of methoxy groups -OCH3 is 3. The molecule has 0 bridgehead atoms. The molecular formula is C31H37Cl2N3O7S. The molecule has 0 unspecified atom stereocenters. The fourth-order valence-corrected chi connectivity index (χ4v) is 6.24. The van der Waals surface area contributed by atoms with E-state index in [9.17, 15) is 18.0 Å². The molecule has 2 amide bonds. The molecule has 0 heterocycles. The summed E-state index contributed by atoms with van der Waals surface area (Å²) in [5.74, 6) is -0.349. The maximum atomic E-state index is 14.3. The Kier molecular flexibility index (Phi) is 12.6. The minimum Gasteiger partial charge on any atom is -0.495 e. The van der Waals surface area contributed by atoms with Crippen molar-refractivity contribution in [2.75, 3.05) is 38.7 Å². The second-order valence-electron chi connectivity index (χ2n) is 9.82. The van der Waals surface area contributed by atoms with Gasteiger partial charge in [-0.05, 0) is 61.4 Å². The van der Waals surface area contributed by atoms with E-state index in [0.29, 0.717) is 22.9 Å². The van der Waals surface area contributed by atoms with E-state index >= 15 is 0 Å². The Morgan fingerprint density at radius 2 is 1.55 bits per heavy atom. The van der Waals surface area contributed by atoms with E-state index in [0.717, 1.165) is 17.1 Å². The first-order valence-electron chi connectivity index (χ1n) is 13.9. The van der Waals surface area contributed by atoms with E-state index in [4.69, 9.17) is 37.4 Å². The van der Waals surface area contributed by atoms with Gasteiger partial charge in [-0.2, -0.15) is 0 Å². The quantitative estimate of drug-likeness (QED) is 0.212.